The van der Waals surface area contributed by atoms with Crippen molar-refractivity contribution in [1.82, 2.24) is 9.55 Å². The zero-order chi connectivity index (χ0) is 20.7. The Kier molecular flexibility index (Phi) is 8.36. The van der Waals surface area contributed by atoms with Crippen LogP contribution in [-0.2, 0) is 9.47 Å². The number of carbonyl (C=O) groups excluding carboxylic acids is 1. The molecule has 0 spiro atoms. The van der Waals surface area contributed by atoms with Crippen molar-refractivity contribution in [1.29, 1.82) is 0 Å². The first-order valence-electron chi connectivity index (χ1n) is 9.56. The molecule has 1 unspecified atom stereocenters. The molecular formula is C18H29N3O7. The van der Waals surface area contributed by atoms with Gasteiger partial charge in [-0.25, -0.2) is 9.59 Å². The van der Waals surface area contributed by atoms with E-state index in [9.17, 15) is 19.8 Å². The highest BCUT2D eigenvalue weighted by Gasteiger charge is 2.43. The number of hydrogen-bond acceptors (Lipinski definition) is 8. The summed E-state index contributed by atoms with van der Waals surface area (Å²) >= 11 is 0. The number of carbonyl (C=O) groups is 1. The van der Waals surface area contributed by atoms with Gasteiger partial charge in [0.05, 0.1) is 13.2 Å². The molecule has 5 atom stereocenters. The lowest BCUT2D eigenvalue weighted by Crippen LogP contribution is -2.36. The van der Waals surface area contributed by atoms with E-state index in [4.69, 9.17) is 14.6 Å². The molecule has 1 aliphatic rings. The SMILES string of the molecule is CCCCC(CC)COC(=O)Nc1ccn([C@@H]2O[C@H](CO)[C@@H](O)[C@@H]2O)c(=O)n1. The number of nitrogens with one attached hydrogen (secondary N) is 1. The first-order valence-corrected chi connectivity index (χ1v) is 9.56. The second-order valence-electron chi connectivity index (χ2n) is 6.87. The largest absolute Gasteiger partial charge is 0.449 e. The van der Waals surface area contributed by atoms with Gasteiger partial charge in [0.2, 0.25) is 0 Å². The average Bonchev–Trinajstić information content (AvgIpc) is 2.96. The van der Waals surface area contributed by atoms with Gasteiger partial charge in [-0.3, -0.25) is 9.88 Å². The van der Waals surface area contributed by atoms with Crippen molar-refractivity contribution in [2.45, 2.75) is 64.1 Å². The van der Waals surface area contributed by atoms with E-state index in [1.54, 1.807) is 0 Å². The van der Waals surface area contributed by atoms with Crippen LogP contribution in [0, 0.1) is 5.92 Å². The van der Waals surface area contributed by atoms with Crippen LogP contribution in [0.25, 0.3) is 0 Å². The summed E-state index contributed by atoms with van der Waals surface area (Å²) in [6.45, 7) is 3.94. The number of nitrogens with zero attached hydrogens (tertiary/aromatic N) is 2. The summed E-state index contributed by atoms with van der Waals surface area (Å²) in [6.07, 6.45) is -0.276. The standard InChI is InChI=1S/C18H29N3O7/c1-3-5-6-11(4-2)10-27-18(26)20-13-7-8-21(17(25)19-13)16-15(24)14(23)12(9-22)28-16/h7-8,11-12,14-16,22-24H,3-6,9-10H2,1-2H3,(H,19,20,25,26)/t11?,12-,14-,15+,16-/m1/s1. The molecule has 158 valence electrons. The molecule has 1 aliphatic heterocycles. The zero-order valence-electron chi connectivity index (χ0n) is 16.2. The number of aliphatic hydroxyl groups excluding tert-OH is 3. The molecule has 10 heteroatoms. The molecule has 1 aromatic rings. The topological polar surface area (TPSA) is 143 Å². The lowest BCUT2D eigenvalue weighted by molar-refractivity contribution is -0.0549. The second kappa shape index (κ2) is 10.5. The summed E-state index contributed by atoms with van der Waals surface area (Å²) < 4.78 is 11.5. The summed E-state index contributed by atoms with van der Waals surface area (Å²) in [5.41, 5.74) is -0.790. The number of amides is 1. The number of anilines is 1. The molecule has 4 N–H and O–H groups in total. The maximum atomic E-state index is 12.2. The van der Waals surface area contributed by atoms with Gasteiger partial charge < -0.3 is 24.8 Å². The summed E-state index contributed by atoms with van der Waals surface area (Å²) in [4.78, 5) is 27.9. The van der Waals surface area contributed by atoms with E-state index in [1.807, 2.05) is 6.92 Å². The minimum atomic E-state index is -1.39. The monoisotopic (exact) mass is 399 g/mol. The normalized spacial score (nSPS) is 25.5. The summed E-state index contributed by atoms with van der Waals surface area (Å²) in [6, 6.07) is 1.35. The Balaban J connectivity index is 1.95. The quantitative estimate of drug-likeness (QED) is 0.473. The molecule has 2 rings (SSSR count). The number of aromatic nitrogens is 2. The van der Waals surface area contributed by atoms with Crippen molar-refractivity contribution in [3.63, 3.8) is 0 Å². The van der Waals surface area contributed by atoms with Crippen molar-refractivity contribution >= 4 is 11.9 Å². The van der Waals surface area contributed by atoms with E-state index in [1.165, 1.54) is 12.3 Å². The zero-order valence-corrected chi connectivity index (χ0v) is 16.2. The molecule has 1 fully saturated rings. The summed E-state index contributed by atoms with van der Waals surface area (Å²) in [5.74, 6) is 0.290. The highest BCUT2D eigenvalue weighted by Crippen LogP contribution is 2.28. The molecule has 2 heterocycles. The fourth-order valence-electron chi connectivity index (χ4n) is 3.02. The van der Waals surface area contributed by atoms with Crippen LogP contribution in [0.4, 0.5) is 10.6 Å². The van der Waals surface area contributed by atoms with Crippen molar-refractivity contribution < 1.29 is 29.6 Å². The Morgan fingerprint density at radius 3 is 2.71 bits per heavy atom. The Morgan fingerprint density at radius 2 is 2.14 bits per heavy atom. The molecule has 0 aromatic carbocycles. The molecule has 0 radical (unpaired) electrons. The highest BCUT2D eigenvalue weighted by molar-refractivity contribution is 5.83. The molecule has 1 saturated heterocycles. The molecule has 1 aromatic heterocycles. The predicted molar refractivity (Wildman–Crippen MR) is 99.8 cm³/mol. The smallest absolute Gasteiger partial charge is 0.412 e. The van der Waals surface area contributed by atoms with Crippen LogP contribution in [0.15, 0.2) is 17.1 Å². The van der Waals surface area contributed by atoms with Crippen molar-refractivity contribution in [3.05, 3.63) is 22.7 Å². The fraction of sp³-hybridized carbons (Fsp3) is 0.722. The van der Waals surface area contributed by atoms with Crippen LogP contribution in [0.1, 0.15) is 45.8 Å². The molecule has 1 amide bonds. The minimum absolute atomic E-state index is 0.000370. The van der Waals surface area contributed by atoms with Crippen molar-refractivity contribution in [3.8, 4) is 0 Å². The first-order chi connectivity index (χ1) is 13.4. The summed E-state index contributed by atoms with van der Waals surface area (Å²) in [7, 11) is 0. The first kappa shape index (κ1) is 22.3. The highest BCUT2D eigenvalue weighted by atomic mass is 16.6. The number of ether oxygens (including phenoxy) is 2. The van der Waals surface area contributed by atoms with Gasteiger partial charge in [-0.15, -0.1) is 0 Å². The van der Waals surface area contributed by atoms with E-state index < -0.39 is 42.9 Å². The number of rotatable bonds is 9. The number of aliphatic hydroxyl groups is 3. The Bertz CT molecular complexity index is 696. The third-order valence-electron chi connectivity index (χ3n) is 4.84. The lowest BCUT2D eigenvalue weighted by atomic mass is 10.0. The van der Waals surface area contributed by atoms with Gasteiger partial charge in [0.1, 0.15) is 24.1 Å². The van der Waals surface area contributed by atoms with Gasteiger partial charge in [-0.2, -0.15) is 4.98 Å². The maximum Gasteiger partial charge on any atom is 0.412 e. The van der Waals surface area contributed by atoms with E-state index in [0.29, 0.717) is 12.5 Å². The van der Waals surface area contributed by atoms with E-state index in [0.717, 1.165) is 30.3 Å². The predicted octanol–water partition coefficient (Wildman–Crippen LogP) is 0.620. The molecule has 28 heavy (non-hydrogen) atoms. The van der Waals surface area contributed by atoms with Crippen molar-refractivity contribution in [2.75, 3.05) is 18.5 Å². The van der Waals surface area contributed by atoms with Gasteiger partial charge >= 0.3 is 11.8 Å². The van der Waals surface area contributed by atoms with Gasteiger partial charge in [-0.05, 0) is 18.4 Å². The van der Waals surface area contributed by atoms with Crippen LogP contribution < -0.4 is 11.0 Å². The van der Waals surface area contributed by atoms with Crippen LogP contribution in [0.5, 0.6) is 0 Å². The van der Waals surface area contributed by atoms with Crippen molar-refractivity contribution in [2.24, 2.45) is 5.92 Å². The molecule has 0 bridgehead atoms. The van der Waals surface area contributed by atoms with Gasteiger partial charge in [-0.1, -0.05) is 33.1 Å². The van der Waals surface area contributed by atoms with E-state index >= 15 is 0 Å². The van der Waals surface area contributed by atoms with Gasteiger partial charge in [0, 0.05) is 6.20 Å². The molecular weight excluding hydrogens is 370 g/mol. The molecule has 0 aliphatic carbocycles. The molecule has 10 nitrogen and oxygen atoms in total. The van der Waals surface area contributed by atoms with Gasteiger partial charge in [0.15, 0.2) is 6.23 Å². The van der Waals surface area contributed by atoms with Crippen LogP contribution in [0.3, 0.4) is 0 Å². The van der Waals surface area contributed by atoms with Crippen LogP contribution in [0.2, 0.25) is 0 Å². The number of hydrogen-bond donors (Lipinski definition) is 4. The minimum Gasteiger partial charge on any atom is -0.449 e. The average molecular weight is 399 g/mol. The second-order valence-corrected chi connectivity index (χ2v) is 6.87. The summed E-state index contributed by atoms with van der Waals surface area (Å²) in [5, 5.41) is 31.3. The maximum absolute atomic E-state index is 12.2. The van der Waals surface area contributed by atoms with Crippen LogP contribution >= 0.6 is 0 Å². The van der Waals surface area contributed by atoms with Gasteiger partial charge in [0.25, 0.3) is 0 Å². The fourth-order valence-corrected chi connectivity index (χ4v) is 3.02. The number of unbranched alkanes of at least 4 members (excludes halogenated alkanes) is 1. The van der Waals surface area contributed by atoms with Crippen LogP contribution in [-0.4, -0.2) is 62.5 Å². The van der Waals surface area contributed by atoms with E-state index in [2.05, 4.69) is 17.2 Å². The Hall–Kier alpha value is -2.01. The molecule has 0 saturated carbocycles. The van der Waals surface area contributed by atoms with E-state index in [-0.39, 0.29) is 5.82 Å². The third kappa shape index (κ3) is 5.51. The Morgan fingerprint density at radius 1 is 1.39 bits per heavy atom. The Labute approximate surface area is 163 Å². The lowest BCUT2D eigenvalue weighted by Gasteiger charge is -2.17. The third-order valence-corrected chi connectivity index (χ3v) is 4.84.